The summed E-state index contributed by atoms with van der Waals surface area (Å²) >= 11 is 0. The van der Waals surface area contributed by atoms with E-state index in [4.69, 9.17) is 0 Å². The van der Waals surface area contributed by atoms with Crippen LogP contribution in [0.15, 0.2) is 36.7 Å². The topological polar surface area (TPSA) is 17.3 Å². The fourth-order valence-electron chi connectivity index (χ4n) is 1.86. The van der Waals surface area contributed by atoms with Crippen LogP contribution in [0.5, 0.6) is 0 Å². The Kier molecular flexibility index (Phi) is 1.57. The Labute approximate surface area is 86.0 Å². The zero-order valence-corrected chi connectivity index (χ0v) is 8.24. The molecule has 0 amide bonds. The van der Waals surface area contributed by atoms with Gasteiger partial charge in [-0.15, -0.1) is 0 Å². The number of imidazole rings is 1. The van der Waals surface area contributed by atoms with Crippen molar-refractivity contribution >= 4 is 16.4 Å². The number of aromatic nitrogens is 2. The Balaban J connectivity index is 2.55. The summed E-state index contributed by atoms with van der Waals surface area (Å²) in [4.78, 5) is 4.32. The standard InChI is InChI=1S/C12H9FN2/c1-8-7-14-12-11-3-2-10(13)6-9(11)4-5-15(8)12/h2-7H,1H3. The van der Waals surface area contributed by atoms with Gasteiger partial charge in [-0.05, 0) is 36.6 Å². The van der Waals surface area contributed by atoms with Gasteiger partial charge in [0.25, 0.3) is 0 Å². The lowest BCUT2D eigenvalue weighted by atomic mass is 10.1. The van der Waals surface area contributed by atoms with E-state index < -0.39 is 0 Å². The molecule has 3 aromatic rings. The first-order valence-electron chi connectivity index (χ1n) is 4.77. The summed E-state index contributed by atoms with van der Waals surface area (Å²) in [6, 6.07) is 6.66. The molecule has 0 fully saturated rings. The maximum absolute atomic E-state index is 13.0. The molecule has 0 bridgehead atoms. The van der Waals surface area contributed by atoms with Crippen molar-refractivity contribution in [3.8, 4) is 0 Å². The van der Waals surface area contributed by atoms with E-state index in [0.29, 0.717) is 0 Å². The molecule has 0 spiro atoms. The van der Waals surface area contributed by atoms with Crippen LogP contribution in [0.1, 0.15) is 5.69 Å². The number of hydrogen-bond acceptors (Lipinski definition) is 1. The second-order valence-corrected chi connectivity index (χ2v) is 3.64. The summed E-state index contributed by atoms with van der Waals surface area (Å²) in [5, 5.41) is 1.86. The van der Waals surface area contributed by atoms with E-state index in [1.807, 2.05) is 29.8 Å². The quantitative estimate of drug-likeness (QED) is 0.545. The fraction of sp³-hybridized carbons (Fsp3) is 0.0833. The SMILES string of the molecule is Cc1cnc2c3ccc(F)cc3ccn12. The summed E-state index contributed by atoms with van der Waals surface area (Å²) in [5.74, 6) is -0.213. The highest BCUT2D eigenvalue weighted by Gasteiger charge is 2.04. The number of pyridine rings is 1. The molecule has 2 nitrogen and oxygen atoms in total. The number of fused-ring (bicyclic) bond motifs is 3. The zero-order chi connectivity index (χ0) is 10.4. The van der Waals surface area contributed by atoms with Gasteiger partial charge < -0.3 is 4.40 Å². The van der Waals surface area contributed by atoms with Crippen molar-refractivity contribution in [2.24, 2.45) is 0 Å². The van der Waals surface area contributed by atoms with E-state index in [2.05, 4.69) is 4.98 Å². The van der Waals surface area contributed by atoms with Crippen LogP contribution in [0, 0.1) is 12.7 Å². The van der Waals surface area contributed by atoms with Gasteiger partial charge in [0.15, 0.2) is 0 Å². The van der Waals surface area contributed by atoms with Gasteiger partial charge in [-0.1, -0.05) is 0 Å². The maximum atomic E-state index is 13.0. The first-order chi connectivity index (χ1) is 7.25. The predicted octanol–water partition coefficient (Wildman–Crippen LogP) is 2.94. The number of halogens is 1. The first kappa shape index (κ1) is 8.41. The Morgan fingerprint density at radius 3 is 3.00 bits per heavy atom. The van der Waals surface area contributed by atoms with Crippen LogP contribution >= 0.6 is 0 Å². The second-order valence-electron chi connectivity index (χ2n) is 3.64. The Bertz CT molecular complexity index is 655. The lowest BCUT2D eigenvalue weighted by Crippen LogP contribution is -1.88. The highest BCUT2D eigenvalue weighted by molar-refractivity contribution is 5.93. The zero-order valence-electron chi connectivity index (χ0n) is 8.24. The largest absolute Gasteiger partial charge is 0.304 e. The molecule has 3 rings (SSSR count). The molecule has 0 aliphatic carbocycles. The monoisotopic (exact) mass is 200 g/mol. The van der Waals surface area contributed by atoms with Gasteiger partial charge in [-0.3, -0.25) is 0 Å². The van der Waals surface area contributed by atoms with E-state index in [9.17, 15) is 4.39 Å². The molecule has 2 aromatic heterocycles. The summed E-state index contributed by atoms with van der Waals surface area (Å²) < 4.78 is 15.0. The average Bonchev–Trinajstić information content (AvgIpc) is 2.60. The number of nitrogens with zero attached hydrogens (tertiary/aromatic N) is 2. The Hall–Kier alpha value is -1.90. The molecule has 0 unspecified atom stereocenters. The van der Waals surface area contributed by atoms with E-state index in [-0.39, 0.29) is 5.82 Å². The molecule has 2 heterocycles. The van der Waals surface area contributed by atoms with Gasteiger partial charge in [-0.2, -0.15) is 0 Å². The molecule has 0 atom stereocenters. The van der Waals surface area contributed by atoms with E-state index in [1.165, 1.54) is 12.1 Å². The average molecular weight is 200 g/mol. The minimum Gasteiger partial charge on any atom is -0.304 e. The van der Waals surface area contributed by atoms with Crippen molar-refractivity contribution in [3.05, 3.63) is 48.2 Å². The molecular weight excluding hydrogens is 191 g/mol. The van der Waals surface area contributed by atoms with Crippen molar-refractivity contribution < 1.29 is 4.39 Å². The molecule has 0 N–H and O–H groups in total. The molecule has 0 aliphatic rings. The van der Waals surface area contributed by atoms with Crippen LogP contribution in [-0.4, -0.2) is 9.38 Å². The van der Waals surface area contributed by atoms with Gasteiger partial charge in [0.2, 0.25) is 0 Å². The fourth-order valence-corrected chi connectivity index (χ4v) is 1.86. The van der Waals surface area contributed by atoms with Crippen LogP contribution in [0.25, 0.3) is 16.4 Å². The van der Waals surface area contributed by atoms with Crippen LogP contribution in [-0.2, 0) is 0 Å². The number of aryl methyl sites for hydroxylation is 1. The maximum Gasteiger partial charge on any atom is 0.144 e. The van der Waals surface area contributed by atoms with Gasteiger partial charge in [0.1, 0.15) is 11.5 Å². The third-order valence-corrected chi connectivity index (χ3v) is 2.64. The molecule has 15 heavy (non-hydrogen) atoms. The van der Waals surface area contributed by atoms with Gasteiger partial charge >= 0.3 is 0 Å². The molecule has 3 heteroatoms. The van der Waals surface area contributed by atoms with Gasteiger partial charge in [0, 0.05) is 23.5 Å². The van der Waals surface area contributed by atoms with E-state index in [1.54, 1.807) is 6.07 Å². The van der Waals surface area contributed by atoms with Crippen molar-refractivity contribution in [2.75, 3.05) is 0 Å². The Morgan fingerprint density at radius 2 is 2.13 bits per heavy atom. The summed E-state index contributed by atoms with van der Waals surface area (Å²) in [6.45, 7) is 2.00. The van der Waals surface area contributed by atoms with Crippen LogP contribution in [0.2, 0.25) is 0 Å². The normalized spacial score (nSPS) is 11.3. The molecule has 1 aromatic carbocycles. The summed E-state index contributed by atoms with van der Waals surface area (Å²) in [5.41, 5.74) is 1.96. The molecule has 0 aliphatic heterocycles. The summed E-state index contributed by atoms with van der Waals surface area (Å²) in [7, 11) is 0. The highest BCUT2D eigenvalue weighted by atomic mass is 19.1. The van der Waals surface area contributed by atoms with Crippen LogP contribution in [0.4, 0.5) is 4.39 Å². The van der Waals surface area contributed by atoms with Crippen molar-refractivity contribution in [2.45, 2.75) is 6.92 Å². The van der Waals surface area contributed by atoms with Crippen molar-refractivity contribution in [1.82, 2.24) is 9.38 Å². The van der Waals surface area contributed by atoms with Crippen molar-refractivity contribution in [3.63, 3.8) is 0 Å². The lowest BCUT2D eigenvalue weighted by molar-refractivity contribution is 0.630. The minimum absolute atomic E-state index is 0.213. The molecular formula is C12H9FN2. The predicted molar refractivity (Wildman–Crippen MR) is 57.4 cm³/mol. The number of rotatable bonds is 0. The van der Waals surface area contributed by atoms with Crippen LogP contribution in [0.3, 0.4) is 0 Å². The molecule has 0 radical (unpaired) electrons. The first-order valence-corrected chi connectivity index (χ1v) is 4.77. The van der Waals surface area contributed by atoms with E-state index >= 15 is 0 Å². The van der Waals surface area contributed by atoms with Gasteiger partial charge in [0.05, 0.1) is 0 Å². The molecule has 74 valence electrons. The number of benzene rings is 1. The third kappa shape index (κ3) is 1.13. The minimum atomic E-state index is -0.213. The molecule has 0 saturated heterocycles. The smallest absolute Gasteiger partial charge is 0.144 e. The molecule has 0 saturated carbocycles. The van der Waals surface area contributed by atoms with Crippen molar-refractivity contribution in [1.29, 1.82) is 0 Å². The van der Waals surface area contributed by atoms with Crippen LogP contribution < -0.4 is 0 Å². The van der Waals surface area contributed by atoms with E-state index in [0.717, 1.165) is 22.1 Å². The lowest BCUT2D eigenvalue weighted by Gasteiger charge is -2.01. The Morgan fingerprint density at radius 1 is 1.27 bits per heavy atom. The second kappa shape index (κ2) is 2.79. The number of hydrogen-bond donors (Lipinski definition) is 0. The third-order valence-electron chi connectivity index (χ3n) is 2.64. The summed E-state index contributed by atoms with van der Waals surface area (Å²) in [6.07, 6.45) is 3.73. The van der Waals surface area contributed by atoms with Gasteiger partial charge in [-0.25, -0.2) is 9.37 Å². The highest BCUT2D eigenvalue weighted by Crippen LogP contribution is 2.20.